The summed E-state index contributed by atoms with van der Waals surface area (Å²) in [4.78, 5) is 32.6. The summed E-state index contributed by atoms with van der Waals surface area (Å²) in [6.45, 7) is 1.00. The fourth-order valence-corrected chi connectivity index (χ4v) is 3.97. The van der Waals surface area contributed by atoms with Gasteiger partial charge in [0.15, 0.2) is 11.6 Å². The second kappa shape index (κ2) is 10.6. The molecule has 0 saturated carbocycles. The van der Waals surface area contributed by atoms with E-state index in [2.05, 4.69) is 20.4 Å². The molecule has 0 fully saturated rings. The van der Waals surface area contributed by atoms with E-state index in [1.807, 2.05) is 0 Å². The topological polar surface area (TPSA) is 115 Å². The Labute approximate surface area is 211 Å². The van der Waals surface area contributed by atoms with Gasteiger partial charge in [-0.15, -0.1) is 0 Å². The number of methoxy groups -OCH3 is 1. The predicted molar refractivity (Wildman–Crippen MR) is 128 cm³/mol. The van der Waals surface area contributed by atoms with E-state index in [0.717, 1.165) is 16.8 Å². The van der Waals surface area contributed by atoms with Crippen LogP contribution in [-0.2, 0) is 12.7 Å². The molecule has 4 aromatic rings. The summed E-state index contributed by atoms with van der Waals surface area (Å²) in [5.41, 5.74) is -4.07. The van der Waals surface area contributed by atoms with Gasteiger partial charge in [-0.25, -0.2) is 23.8 Å². The van der Waals surface area contributed by atoms with Crippen LogP contribution in [0.25, 0.3) is 22.2 Å². The minimum Gasteiger partial charge on any atom is -0.494 e. The molecule has 2 unspecified atom stereocenters. The number of aromatic nitrogens is 5. The van der Waals surface area contributed by atoms with Crippen molar-refractivity contribution in [2.24, 2.45) is 0 Å². The Morgan fingerprint density at radius 2 is 1.87 bits per heavy atom. The number of ether oxygens (including phenoxy) is 1. The average Bonchev–Trinajstić information content (AvgIpc) is 2.85. The third-order valence-electron chi connectivity index (χ3n) is 5.71. The first-order valence-electron chi connectivity index (χ1n) is 11.2. The lowest BCUT2D eigenvalue weighted by Crippen LogP contribution is -2.30. The number of nitrogens with zero attached hydrogens (tertiary/aromatic N) is 4. The van der Waals surface area contributed by atoms with E-state index in [1.54, 1.807) is 5.10 Å². The lowest BCUT2D eigenvalue weighted by Gasteiger charge is -2.20. The van der Waals surface area contributed by atoms with Crippen LogP contribution in [0.3, 0.4) is 0 Å². The van der Waals surface area contributed by atoms with Crippen molar-refractivity contribution in [1.29, 1.82) is 0 Å². The molecule has 0 amide bonds. The van der Waals surface area contributed by atoms with Crippen LogP contribution in [0.4, 0.5) is 27.6 Å². The molecule has 38 heavy (non-hydrogen) atoms. The van der Waals surface area contributed by atoms with E-state index in [4.69, 9.17) is 4.74 Å². The molecule has 0 aliphatic rings. The van der Waals surface area contributed by atoms with Crippen molar-refractivity contribution in [3.8, 4) is 17.1 Å². The van der Waals surface area contributed by atoms with E-state index in [1.165, 1.54) is 44.8 Å². The normalized spacial score (nSPS) is 13.3. The Hall–Kier alpha value is -4.36. The van der Waals surface area contributed by atoms with Gasteiger partial charge in [-0.2, -0.15) is 18.3 Å². The molecule has 1 aromatic carbocycles. The Kier molecular flexibility index (Phi) is 7.41. The average molecular weight is 536 g/mol. The third-order valence-corrected chi connectivity index (χ3v) is 5.71. The van der Waals surface area contributed by atoms with Gasteiger partial charge in [0.2, 0.25) is 0 Å². The summed E-state index contributed by atoms with van der Waals surface area (Å²) in [6.07, 6.45) is -2.02. The van der Waals surface area contributed by atoms with Gasteiger partial charge in [0.25, 0.3) is 11.1 Å². The monoisotopic (exact) mass is 536 g/mol. The van der Waals surface area contributed by atoms with E-state index in [-0.39, 0.29) is 23.2 Å². The predicted octanol–water partition coefficient (Wildman–Crippen LogP) is 3.94. The summed E-state index contributed by atoms with van der Waals surface area (Å²) in [5, 5.41) is 7.92. The molecule has 4 rings (SSSR count). The smallest absolute Gasteiger partial charge is 0.423 e. The van der Waals surface area contributed by atoms with Crippen molar-refractivity contribution < 1.29 is 26.7 Å². The summed E-state index contributed by atoms with van der Waals surface area (Å²) < 4.78 is 75.4. The lowest BCUT2D eigenvalue weighted by atomic mass is 10.1. The molecule has 0 radical (unpaired) electrons. The molecule has 3 aromatic heterocycles. The van der Waals surface area contributed by atoms with Gasteiger partial charge in [0.05, 0.1) is 48.9 Å². The van der Waals surface area contributed by atoms with Crippen LogP contribution in [0.5, 0.6) is 5.75 Å². The number of H-pyrrole nitrogens is 1. The maximum atomic E-state index is 14.9. The van der Waals surface area contributed by atoms with Crippen LogP contribution in [0.2, 0.25) is 0 Å². The van der Waals surface area contributed by atoms with Gasteiger partial charge in [0.1, 0.15) is 17.6 Å². The second-order valence-corrected chi connectivity index (χ2v) is 8.50. The van der Waals surface area contributed by atoms with Crippen LogP contribution < -0.4 is 21.2 Å². The van der Waals surface area contributed by atoms with Crippen LogP contribution in [0.15, 0.2) is 52.6 Å². The highest BCUT2D eigenvalue weighted by Crippen LogP contribution is 2.32. The molecule has 9 nitrogen and oxygen atoms in total. The highest BCUT2D eigenvalue weighted by molar-refractivity contribution is 5.86. The fraction of sp³-hybridized carbons (Fsp3) is 0.292. The highest BCUT2D eigenvalue weighted by atomic mass is 19.4. The SMILES string of the molecule is COc1cnc(-c2cc3ccn(CC(F)CC(C)Nc4cn[nH]c(=O)c4C(F)(F)F)c(=O)c3cc2F)nc1. The molecule has 200 valence electrons. The van der Waals surface area contributed by atoms with E-state index in [0.29, 0.717) is 11.1 Å². The van der Waals surface area contributed by atoms with Crippen molar-refractivity contribution >= 4 is 16.5 Å². The largest absolute Gasteiger partial charge is 0.494 e. The van der Waals surface area contributed by atoms with Crippen molar-refractivity contribution in [3.05, 3.63) is 75.1 Å². The molecular weight excluding hydrogens is 515 g/mol. The number of aromatic amines is 1. The molecule has 0 aliphatic heterocycles. The molecular formula is C24H21F5N6O3. The molecule has 3 heterocycles. The van der Waals surface area contributed by atoms with Gasteiger partial charge in [-0.05, 0) is 30.5 Å². The van der Waals surface area contributed by atoms with Gasteiger partial charge in [-0.3, -0.25) is 9.59 Å². The van der Waals surface area contributed by atoms with Gasteiger partial charge in [-0.1, -0.05) is 0 Å². The van der Waals surface area contributed by atoms with Crippen molar-refractivity contribution in [3.63, 3.8) is 0 Å². The van der Waals surface area contributed by atoms with Crippen molar-refractivity contribution in [2.75, 3.05) is 12.4 Å². The fourth-order valence-electron chi connectivity index (χ4n) is 3.97. The van der Waals surface area contributed by atoms with E-state index >= 15 is 0 Å². The minimum atomic E-state index is -4.94. The number of fused-ring (bicyclic) bond motifs is 1. The van der Waals surface area contributed by atoms with Gasteiger partial charge in [0, 0.05) is 18.7 Å². The Morgan fingerprint density at radius 1 is 1.16 bits per heavy atom. The van der Waals surface area contributed by atoms with Crippen molar-refractivity contribution in [2.45, 2.75) is 38.3 Å². The highest BCUT2D eigenvalue weighted by Gasteiger charge is 2.37. The number of hydrogen-bond acceptors (Lipinski definition) is 7. The number of alkyl halides is 4. The summed E-state index contributed by atoms with van der Waals surface area (Å²) >= 11 is 0. The van der Waals surface area contributed by atoms with Crippen molar-refractivity contribution in [1.82, 2.24) is 24.7 Å². The van der Waals surface area contributed by atoms with Gasteiger partial charge < -0.3 is 14.6 Å². The maximum Gasteiger partial charge on any atom is 0.423 e. The number of halogens is 5. The summed E-state index contributed by atoms with van der Waals surface area (Å²) in [5.74, 6) is -0.277. The number of benzene rings is 1. The molecule has 2 atom stereocenters. The first kappa shape index (κ1) is 26.7. The van der Waals surface area contributed by atoms with Gasteiger partial charge >= 0.3 is 6.18 Å². The molecule has 0 spiro atoms. The first-order chi connectivity index (χ1) is 18.0. The second-order valence-electron chi connectivity index (χ2n) is 8.50. The molecule has 14 heteroatoms. The number of anilines is 1. The zero-order valence-electron chi connectivity index (χ0n) is 20.0. The molecule has 0 bridgehead atoms. The number of rotatable bonds is 8. The number of hydrogen-bond donors (Lipinski definition) is 2. The van der Waals surface area contributed by atoms with E-state index < -0.39 is 53.1 Å². The van der Waals surface area contributed by atoms with Crippen LogP contribution in [0.1, 0.15) is 18.9 Å². The molecule has 2 N–H and O–H groups in total. The Morgan fingerprint density at radius 3 is 2.53 bits per heavy atom. The molecule has 0 saturated heterocycles. The number of nitrogens with one attached hydrogen (secondary N) is 2. The minimum absolute atomic E-state index is 0.00467. The maximum absolute atomic E-state index is 14.9. The first-order valence-corrected chi connectivity index (χ1v) is 11.2. The van der Waals surface area contributed by atoms with Crippen LogP contribution in [0, 0.1) is 5.82 Å². The summed E-state index contributed by atoms with van der Waals surface area (Å²) in [7, 11) is 1.44. The zero-order chi connectivity index (χ0) is 27.6. The number of pyridine rings is 1. The van der Waals surface area contributed by atoms with Crippen LogP contribution >= 0.6 is 0 Å². The lowest BCUT2D eigenvalue weighted by molar-refractivity contribution is -0.138. The van der Waals surface area contributed by atoms with E-state index in [9.17, 15) is 31.5 Å². The standard InChI is InChI=1S/C24H21F5N6O3/c1-12(33-19-10-32-34-22(36)20(19)24(27,28)29)5-14(25)11-35-4-3-13-6-17(18(26)7-16(13)23(35)37)21-30-8-15(38-2)9-31-21/h3-4,6-10,12,14H,5,11H2,1-2H3,(H2,33,34,36). The Bertz CT molecular complexity index is 1570. The zero-order valence-corrected chi connectivity index (χ0v) is 20.0. The quantitative estimate of drug-likeness (QED) is 0.328. The summed E-state index contributed by atoms with van der Waals surface area (Å²) in [6, 6.07) is 3.09. The van der Waals surface area contributed by atoms with Crippen LogP contribution in [-0.4, -0.2) is 44.1 Å². The third kappa shape index (κ3) is 5.63. The molecule has 0 aliphatic carbocycles. The Balaban J connectivity index is 1.51.